The highest BCUT2D eigenvalue weighted by molar-refractivity contribution is 5.99. The lowest BCUT2D eigenvalue weighted by Crippen LogP contribution is -2.04. The molecule has 17 heteroatoms. The molecule has 3 aromatic carbocycles. The first-order valence-electron chi connectivity index (χ1n) is 24.3. The van der Waals surface area contributed by atoms with Crippen LogP contribution in [-0.4, -0.2) is 66.6 Å². The number of rotatable bonds is 28. The molecule has 4 aromatic heterocycles. The predicted octanol–water partition coefficient (Wildman–Crippen LogP) is 10.2. The molecule has 7 rings (SSSR count). The van der Waals surface area contributed by atoms with Crippen LogP contribution >= 0.6 is 0 Å². The molecule has 4 heterocycles. The van der Waals surface area contributed by atoms with Crippen LogP contribution in [0.4, 0.5) is 20.7 Å². The maximum Gasteiger partial charge on any atom is 0.197 e. The second-order valence-corrected chi connectivity index (χ2v) is 17.6. The summed E-state index contributed by atoms with van der Waals surface area (Å²) >= 11 is 0. The third-order valence-corrected chi connectivity index (χ3v) is 12.0. The Kier molecular flexibility index (Phi) is 20.2. The molecule has 0 aliphatic carbocycles. The zero-order valence-electron chi connectivity index (χ0n) is 39.7. The fourth-order valence-electron chi connectivity index (χ4n) is 8.05. The number of hydrogen-bond donors (Lipinski definition) is 5. The van der Waals surface area contributed by atoms with Gasteiger partial charge < -0.3 is 26.5 Å². The highest BCUT2D eigenvalue weighted by Gasteiger charge is 2.14. The van der Waals surface area contributed by atoms with Gasteiger partial charge in [-0.15, -0.1) is 10.2 Å². The number of aryl methyl sites for hydroxylation is 7. The van der Waals surface area contributed by atoms with E-state index >= 15 is 0 Å². The fraction of sp³-hybridized carbons (Fsp3) is 0.423. The van der Waals surface area contributed by atoms with E-state index in [1.807, 2.05) is 29.2 Å². The van der Waals surface area contributed by atoms with Crippen molar-refractivity contribution in [2.45, 2.75) is 142 Å². The number of benzene rings is 3. The predicted molar refractivity (Wildman–Crippen MR) is 263 cm³/mol. The maximum absolute atomic E-state index is 13.5. The van der Waals surface area contributed by atoms with Gasteiger partial charge in [-0.25, -0.2) is 18.7 Å². The molecule has 0 unspecified atom stereocenters. The average molecular weight is 945 g/mol. The quantitative estimate of drug-likeness (QED) is 0.0229. The number of unbranched alkanes of at least 4 members (excludes halogenated alkanes) is 7. The van der Waals surface area contributed by atoms with Crippen molar-refractivity contribution < 1.29 is 23.5 Å². The number of H-pyrrole nitrogens is 2. The second kappa shape index (κ2) is 27.1. The Morgan fingerprint density at radius 2 is 1.12 bits per heavy atom. The molecule has 0 amide bonds. The number of ketones is 2. The first-order valence-corrected chi connectivity index (χ1v) is 24.3. The standard InChI is InChI=1S/C26H28F2N6O2.C26H38N6O/c27-22-11-9-17(13-23(22)28)18-8-10-21(25(36)14-18)24(35)7-4-12-34-16-20(32-33-34)6-3-1-2-5-19-15-30-26(29)31-19;1-2-3-4-6-10-21-14-16-22(17-15-21)25(33)13-9-18-32-20-24(30-31-32)12-8-5-7-11-23-19-28-26(27)29-23/h8-11,13-16,36H,1-7,12H2,(H3,29,30,31);14-17,19-20H,2-13,18H2,1H3,(H3,27,28,29). The van der Waals surface area contributed by atoms with E-state index in [4.69, 9.17) is 11.5 Å². The fourth-order valence-corrected chi connectivity index (χ4v) is 8.05. The molecule has 0 atom stereocenters. The topological polar surface area (TPSA) is 225 Å². The van der Waals surface area contributed by atoms with Crippen LogP contribution in [0.2, 0.25) is 0 Å². The largest absolute Gasteiger partial charge is 0.507 e. The third kappa shape index (κ3) is 17.2. The summed E-state index contributed by atoms with van der Waals surface area (Å²) in [5, 5.41) is 27.1. The number of nitrogens with one attached hydrogen (secondary N) is 2. The molecule has 7 aromatic rings. The smallest absolute Gasteiger partial charge is 0.197 e. The summed E-state index contributed by atoms with van der Waals surface area (Å²) in [5.74, 6) is -1.19. The minimum Gasteiger partial charge on any atom is -0.507 e. The van der Waals surface area contributed by atoms with Crippen molar-refractivity contribution >= 4 is 23.5 Å². The Morgan fingerprint density at radius 1 is 0.594 bits per heavy atom. The number of Topliss-reactive ketones (excluding diaryl/α,β-unsaturated/α-hetero) is 2. The molecule has 0 saturated carbocycles. The molecule has 0 fully saturated rings. The van der Waals surface area contributed by atoms with Gasteiger partial charge in [-0.3, -0.25) is 19.0 Å². The van der Waals surface area contributed by atoms with Crippen LogP contribution < -0.4 is 11.5 Å². The molecule has 15 nitrogen and oxygen atoms in total. The summed E-state index contributed by atoms with van der Waals surface area (Å²) in [5.41, 5.74) is 18.5. The van der Waals surface area contributed by atoms with Gasteiger partial charge in [-0.05, 0) is 118 Å². The molecule has 0 aliphatic heterocycles. The number of nitrogen functional groups attached to an aromatic ring is 2. The minimum absolute atomic E-state index is 0.193. The van der Waals surface area contributed by atoms with Gasteiger partial charge in [0.2, 0.25) is 0 Å². The highest BCUT2D eigenvalue weighted by Crippen LogP contribution is 2.29. The molecular weight excluding hydrogens is 879 g/mol. The summed E-state index contributed by atoms with van der Waals surface area (Å²) in [7, 11) is 0. The van der Waals surface area contributed by atoms with E-state index in [0.717, 1.165) is 124 Å². The number of aromatic hydroxyl groups is 1. The van der Waals surface area contributed by atoms with Crippen molar-refractivity contribution in [3.05, 3.63) is 137 Å². The monoisotopic (exact) mass is 945 g/mol. The Hall–Kier alpha value is -7.04. The zero-order chi connectivity index (χ0) is 48.8. The number of carbonyl (C=O) groups is 2. The first-order chi connectivity index (χ1) is 33.5. The van der Waals surface area contributed by atoms with E-state index in [-0.39, 0.29) is 29.3 Å². The minimum atomic E-state index is -0.973. The van der Waals surface area contributed by atoms with Crippen LogP contribution in [0, 0.1) is 11.6 Å². The Labute approximate surface area is 402 Å². The summed E-state index contributed by atoms with van der Waals surface area (Å²) in [6.45, 7) is 3.48. The summed E-state index contributed by atoms with van der Waals surface area (Å²) < 4.78 is 30.2. The van der Waals surface area contributed by atoms with Crippen LogP contribution in [0.5, 0.6) is 5.75 Å². The number of phenolic OH excluding ortho intramolecular Hbond substituents is 1. The summed E-state index contributed by atoms with van der Waals surface area (Å²) in [6, 6.07) is 16.1. The normalized spacial score (nSPS) is 11.2. The van der Waals surface area contributed by atoms with E-state index < -0.39 is 11.6 Å². The van der Waals surface area contributed by atoms with Gasteiger partial charge in [-0.2, -0.15) is 0 Å². The van der Waals surface area contributed by atoms with Crippen LogP contribution in [0.3, 0.4) is 0 Å². The van der Waals surface area contributed by atoms with Gasteiger partial charge in [0.15, 0.2) is 35.1 Å². The van der Waals surface area contributed by atoms with Gasteiger partial charge in [0, 0.05) is 55.3 Å². The van der Waals surface area contributed by atoms with Gasteiger partial charge in [-0.1, -0.05) is 85.9 Å². The third-order valence-electron chi connectivity index (χ3n) is 12.0. The van der Waals surface area contributed by atoms with Crippen molar-refractivity contribution in [3.63, 3.8) is 0 Å². The molecular formula is C52H66F2N12O3. The number of halogens is 2. The van der Waals surface area contributed by atoms with Crippen molar-refractivity contribution in [1.82, 2.24) is 49.9 Å². The van der Waals surface area contributed by atoms with E-state index in [0.29, 0.717) is 42.4 Å². The number of imidazole rings is 2. The van der Waals surface area contributed by atoms with Gasteiger partial charge >= 0.3 is 0 Å². The Bertz CT molecular complexity index is 2650. The molecule has 69 heavy (non-hydrogen) atoms. The number of nitrogens with zero attached hydrogens (tertiary/aromatic N) is 8. The van der Waals surface area contributed by atoms with Crippen molar-refractivity contribution in [2.24, 2.45) is 0 Å². The van der Waals surface area contributed by atoms with Crippen molar-refractivity contribution in [2.75, 3.05) is 11.5 Å². The van der Waals surface area contributed by atoms with Crippen LogP contribution in [0.15, 0.2) is 85.5 Å². The van der Waals surface area contributed by atoms with E-state index in [9.17, 15) is 23.5 Å². The summed E-state index contributed by atoms with van der Waals surface area (Å²) in [6.07, 6.45) is 25.7. The second-order valence-electron chi connectivity index (χ2n) is 17.6. The van der Waals surface area contributed by atoms with E-state index in [2.05, 4.69) is 59.6 Å². The molecule has 0 radical (unpaired) electrons. The van der Waals surface area contributed by atoms with Gasteiger partial charge in [0.1, 0.15) is 5.75 Å². The number of phenols is 1. The Morgan fingerprint density at radius 3 is 1.65 bits per heavy atom. The molecule has 0 aliphatic rings. The van der Waals surface area contributed by atoms with Crippen molar-refractivity contribution in [1.29, 1.82) is 0 Å². The average Bonchev–Trinajstić information content (AvgIpc) is 4.18. The Balaban J connectivity index is 0.000000228. The SMILES string of the molecule is CCCCCCc1ccc(C(=O)CCCn2cc(CCCCCc3cnc(N)[nH]3)nn2)cc1.Nc1ncc(CCCCCc2cn(CCCC(=O)c3ccc(-c4ccc(F)c(F)c4)cc3O)nn2)[nH]1. The molecule has 0 bridgehead atoms. The lowest BCUT2D eigenvalue weighted by atomic mass is 9.99. The number of nitrogens with two attached hydrogens (primary N) is 2. The summed E-state index contributed by atoms with van der Waals surface area (Å²) in [4.78, 5) is 39.2. The highest BCUT2D eigenvalue weighted by atomic mass is 19.2. The molecule has 366 valence electrons. The number of aromatic nitrogens is 10. The number of anilines is 2. The molecule has 7 N–H and O–H groups in total. The number of hydrogen-bond acceptors (Lipinski definition) is 11. The zero-order valence-corrected chi connectivity index (χ0v) is 39.7. The number of carbonyl (C=O) groups excluding carboxylic acids is 2. The molecule has 0 spiro atoms. The van der Waals surface area contributed by atoms with Gasteiger partial charge in [0.05, 0.1) is 29.3 Å². The number of aromatic amines is 2. The van der Waals surface area contributed by atoms with Crippen LogP contribution in [0.1, 0.15) is 146 Å². The van der Waals surface area contributed by atoms with Gasteiger partial charge in [0.25, 0.3) is 0 Å². The van der Waals surface area contributed by atoms with Crippen molar-refractivity contribution in [3.8, 4) is 16.9 Å². The lowest BCUT2D eigenvalue weighted by molar-refractivity contribution is 0.0968. The maximum atomic E-state index is 13.5. The molecule has 0 saturated heterocycles. The first kappa shape index (κ1) is 51.4. The van der Waals surface area contributed by atoms with Crippen LogP contribution in [0.25, 0.3) is 11.1 Å². The van der Waals surface area contributed by atoms with Crippen LogP contribution in [-0.2, 0) is 45.2 Å². The lowest BCUT2D eigenvalue weighted by Gasteiger charge is -2.08. The van der Waals surface area contributed by atoms with E-state index in [1.165, 1.54) is 49.4 Å². The van der Waals surface area contributed by atoms with E-state index in [1.54, 1.807) is 23.1 Å².